The molecule has 0 saturated carbocycles. The Hall–Kier alpha value is -0.290. The third kappa shape index (κ3) is 2.14. The summed E-state index contributed by atoms with van der Waals surface area (Å²) in [5, 5.41) is 5.41. The Morgan fingerprint density at radius 1 is 1.31 bits per heavy atom. The minimum absolute atomic E-state index is 0.0787. The molecule has 0 unspecified atom stereocenters. The molecule has 2 N–H and O–H groups in total. The smallest absolute Gasteiger partial charge is 0.225 e. The van der Waals surface area contributed by atoms with Crippen molar-refractivity contribution in [2.24, 2.45) is 5.14 Å². The molecule has 1 aromatic rings. The molecule has 1 rings (SSSR count). The standard InChI is InChI=1S/C7H7Cl2NO2S/c1-4-5(8)2-3-6(7(4)9)13(10,11)12/h2-3H,1H3,(H2,10,11,12). The fraction of sp³-hybridized carbons (Fsp3) is 0.143. The summed E-state index contributed by atoms with van der Waals surface area (Å²) < 4.78 is 21.9. The predicted molar refractivity (Wildman–Crippen MR) is 52.6 cm³/mol. The summed E-state index contributed by atoms with van der Waals surface area (Å²) in [5.74, 6) is 0. The summed E-state index contributed by atoms with van der Waals surface area (Å²) in [6.45, 7) is 1.62. The van der Waals surface area contributed by atoms with Crippen molar-refractivity contribution >= 4 is 33.2 Å². The van der Waals surface area contributed by atoms with Gasteiger partial charge in [-0.15, -0.1) is 0 Å². The second-order valence-electron chi connectivity index (χ2n) is 2.53. The molecule has 0 radical (unpaired) electrons. The van der Waals surface area contributed by atoms with Gasteiger partial charge in [0.1, 0.15) is 4.90 Å². The van der Waals surface area contributed by atoms with Crippen LogP contribution in [-0.2, 0) is 10.0 Å². The summed E-state index contributed by atoms with van der Waals surface area (Å²) in [6.07, 6.45) is 0. The van der Waals surface area contributed by atoms with Crippen LogP contribution in [0.2, 0.25) is 10.0 Å². The second-order valence-corrected chi connectivity index (χ2v) is 4.84. The highest BCUT2D eigenvalue weighted by atomic mass is 35.5. The highest BCUT2D eigenvalue weighted by Gasteiger charge is 2.15. The summed E-state index contributed by atoms with van der Waals surface area (Å²) in [6, 6.07) is 2.73. The molecule has 0 aromatic heterocycles. The molecule has 0 heterocycles. The summed E-state index contributed by atoms with van der Waals surface area (Å²) in [4.78, 5) is -0.101. The highest BCUT2D eigenvalue weighted by Crippen LogP contribution is 2.29. The van der Waals surface area contributed by atoms with Crippen molar-refractivity contribution in [3.8, 4) is 0 Å². The van der Waals surface area contributed by atoms with Crippen LogP contribution in [0.3, 0.4) is 0 Å². The Balaban J connectivity index is 3.53. The van der Waals surface area contributed by atoms with E-state index in [1.54, 1.807) is 6.92 Å². The summed E-state index contributed by atoms with van der Waals surface area (Å²) in [7, 11) is -3.76. The molecule has 72 valence electrons. The second kappa shape index (κ2) is 3.46. The van der Waals surface area contributed by atoms with Gasteiger partial charge in [0, 0.05) is 5.02 Å². The average molecular weight is 240 g/mol. The van der Waals surface area contributed by atoms with Crippen molar-refractivity contribution in [1.29, 1.82) is 0 Å². The maximum absolute atomic E-state index is 11.0. The number of nitrogens with two attached hydrogens (primary N) is 1. The molecule has 1 aromatic carbocycles. The maximum Gasteiger partial charge on any atom is 0.239 e. The topological polar surface area (TPSA) is 60.2 Å². The van der Waals surface area contributed by atoms with Gasteiger partial charge in [-0.05, 0) is 24.6 Å². The summed E-state index contributed by atoms with van der Waals surface area (Å²) in [5.41, 5.74) is 0.509. The van der Waals surface area contributed by atoms with E-state index < -0.39 is 10.0 Å². The molecule has 3 nitrogen and oxygen atoms in total. The zero-order valence-corrected chi connectivity index (χ0v) is 9.04. The van der Waals surface area contributed by atoms with E-state index >= 15 is 0 Å². The lowest BCUT2D eigenvalue weighted by Gasteiger charge is -2.05. The van der Waals surface area contributed by atoms with Crippen LogP contribution in [-0.4, -0.2) is 8.42 Å². The average Bonchev–Trinajstić information content (AvgIpc) is 1.98. The van der Waals surface area contributed by atoms with Crippen LogP contribution in [0.15, 0.2) is 17.0 Å². The number of benzene rings is 1. The number of rotatable bonds is 1. The van der Waals surface area contributed by atoms with Crippen LogP contribution < -0.4 is 5.14 Å². The van der Waals surface area contributed by atoms with Crippen molar-refractivity contribution in [3.63, 3.8) is 0 Å². The lowest BCUT2D eigenvalue weighted by atomic mass is 10.2. The minimum Gasteiger partial charge on any atom is -0.225 e. The summed E-state index contributed by atoms with van der Waals surface area (Å²) >= 11 is 11.5. The van der Waals surface area contributed by atoms with E-state index in [0.29, 0.717) is 10.6 Å². The third-order valence-corrected chi connectivity index (χ3v) is 3.55. The van der Waals surface area contributed by atoms with E-state index in [0.717, 1.165) is 0 Å². The molecule has 0 aliphatic rings. The normalized spacial score (nSPS) is 11.7. The first-order chi connectivity index (χ1) is 5.84. The molecule has 6 heteroatoms. The Labute approximate surface area is 86.5 Å². The third-order valence-electron chi connectivity index (χ3n) is 1.59. The molecule has 0 amide bonds. The van der Waals surface area contributed by atoms with Gasteiger partial charge < -0.3 is 0 Å². The number of sulfonamides is 1. The van der Waals surface area contributed by atoms with Gasteiger partial charge in [0.15, 0.2) is 0 Å². The highest BCUT2D eigenvalue weighted by molar-refractivity contribution is 7.89. The van der Waals surface area contributed by atoms with Crippen molar-refractivity contribution in [2.45, 2.75) is 11.8 Å². The zero-order chi connectivity index (χ0) is 10.2. The van der Waals surface area contributed by atoms with Gasteiger partial charge in [0.05, 0.1) is 5.02 Å². The van der Waals surface area contributed by atoms with Crippen LogP contribution in [0.5, 0.6) is 0 Å². The lowest BCUT2D eigenvalue weighted by Crippen LogP contribution is -2.13. The molecule has 0 aliphatic carbocycles. The predicted octanol–water partition coefficient (Wildman–Crippen LogP) is 1.95. The minimum atomic E-state index is -3.76. The van der Waals surface area contributed by atoms with Gasteiger partial charge in [-0.3, -0.25) is 0 Å². The number of hydrogen-bond acceptors (Lipinski definition) is 2. The first-order valence-corrected chi connectivity index (χ1v) is 5.61. The molecule has 0 spiro atoms. The Kier molecular flexibility index (Phi) is 2.87. The molecule has 0 saturated heterocycles. The van der Waals surface area contributed by atoms with Gasteiger partial charge in [0.25, 0.3) is 0 Å². The molecule has 13 heavy (non-hydrogen) atoms. The van der Waals surface area contributed by atoms with E-state index in [4.69, 9.17) is 28.3 Å². The Morgan fingerprint density at radius 3 is 2.31 bits per heavy atom. The lowest BCUT2D eigenvalue weighted by molar-refractivity contribution is 0.598. The van der Waals surface area contributed by atoms with Gasteiger partial charge in [0.2, 0.25) is 10.0 Å². The largest absolute Gasteiger partial charge is 0.239 e. The maximum atomic E-state index is 11.0. The number of halogens is 2. The molecular weight excluding hydrogens is 233 g/mol. The van der Waals surface area contributed by atoms with Crippen molar-refractivity contribution < 1.29 is 8.42 Å². The monoisotopic (exact) mass is 239 g/mol. The fourth-order valence-electron chi connectivity index (χ4n) is 0.856. The van der Waals surface area contributed by atoms with Gasteiger partial charge in [-0.25, -0.2) is 13.6 Å². The van der Waals surface area contributed by atoms with Crippen molar-refractivity contribution in [1.82, 2.24) is 0 Å². The van der Waals surface area contributed by atoms with Crippen LogP contribution in [0.25, 0.3) is 0 Å². The van der Waals surface area contributed by atoms with Crippen LogP contribution in [0, 0.1) is 6.92 Å². The first kappa shape index (κ1) is 10.8. The van der Waals surface area contributed by atoms with E-state index in [1.807, 2.05) is 0 Å². The van der Waals surface area contributed by atoms with Gasteiger partial charge in [-0.1, -0.05) is 23.2 Å². The molecule has 0 atom stereocenters. The zero-order valence-electron chi connectivity index (χ0n) is 6.71. The Morgan fingerprint density at radius 2 is 1.85 bits per heavy atom. The SMILES string of the molecule is Cc1c(Cl)ccc(S(N)(=O)=O)c1Cl. The Bertz CT molecular complexity index is 442. The van der Waals surface area contributed by atoms with Gasteiger partial charge in [-0.2, -0.15) is 0 Å². The molecular formula is C7H7Cl2NO2S. The molecule has 0 bridgehead atoms. The first-order valence-electron chi connectivity index (χ1n) is 3.31. The quantitative estimate of drug-likeness (QED) is 0.815. The van der Waals surface area contributed by atoms with E-state index in [-0.39, 0.29) is 9.92 Å². The van der Waals surface area contributed by atoms with Crippen LogP contribution >= 0.6 is 23.2 Å². The van der Waals surface area contributed by atoms with Crippen molar-refractivity contribution in [3.05, 3.63) is 27.7 Å². The van der Waals surface area contributed by atoms with Gasteiger partial charge >= 0.3 is 0 Å². The molecule has 0 fully saturated rings. The van der Waals surface area contributed by atoms with Crippen molar-refractivity contribution in [2.75, 3.05) is 0 Å². The van der Waals surface area contributed by atoms with Crippen LogP contribution in [0.4, 0.5) is 0 Å². The van der Waals surface area contributed by atoms with Crippen LogP contribution in [0.1, 0.15) is 5.56 Å². The fourth-order valence-corrected chi connectivity index (χ4v) is 2.21. The molecule has 0 aliphatic heterocycles. The van der Waals surface area contributed by atoms with E-state index in [1.165, 1.54) is 12.1 Å². The van der Waals surface area contributed by atoms with E-state index in [2.05, 4.69) is 0 Å². The van der Waals surface area contributed by atoms with E-state index in [9.17, 15) is 8.42 Å². The number of primary sulfonamides is 1. The number of hydrogen-bond donors (Lipinski definition) is 1.